The number of carbonyl (C=O) groups excluding carboxylic acids is 1. The molecule has 3 aromatic rings. The largest absolute Gasteiger partial charge is 0.505 e. The molecule has 1 atom stereocenters. The van der Waals surface area contributed by atoms with Crippen molar-refractivity contribution in [2.75, 3.05) is 0 Å². The molecule has 122 valence electrons. The van der Waals surface area contributed by atoms with Gasteiger partial charge >= 0.3 is 0 Å². The van der Waals surface area contributed by atoms with Gasteiger partial charge in [0.2, 0.25) is 0 Å². The van der Waals surface area contributed by atoms with Gasteiger partial charge in [0, 0.05) is 23.5 Å². The van der Waals surface area contributed by atoms with Crippen molar-refractivity contribution in [3.05, 3.63) is 71.8 Å². The van der Waals surface area contributed by atoms with Crippen molar-refractivity contribution >= 4 is 5.91 Å². The normalized spacial score (nSPS) is 11.9. The van der Waals surface area contributed by atoms with Gasteiger partial charge in [-0.2, -0.15) is 0 Å². The van der Waals surface area contributed by atoms with Gasteiger partial charge in [0.25, 0.3) is 5.91 Å². The Morgan fingerprint density at radius 1 is 1.29 bits per heavy atom. The fourth-order valence-corrected chi connectivity index (χ4v) is 2.39. The zero-order valence-corrected chi connectivity index (χ0v) is 13.0. The minimum atomic E-state index is -0.714. The number of carbonyl (C=O) groups is 1. The third kappa shape index (κ3) is 3.27. The van der Waals surface area contributed by atoms with E-state index >= 15 is 0 Å². The number of nitrogens with zero attached hydrogens (tertiary/aromatic N) is 1. The van der Waals surface area contributed by atoms with E-state index in [4.69, 9.17) is 0 Å². The maximum absolute atomic E-state index is 13.4. The number of imidazole rings is 1. The summed E-state index contributed by atoms with van der Waals surface area (Å²) in [6.45, 7) is 1.75. The number of hydrogen-bond donors (Lipinski definition) is 3. The Kier molecular flexibility index (Phi) is 4.29. The summed E-state index contributed by atoms with van der Waals surface area (Å²) in [6.07, 6.45) is 3.35. The molecule has 0 saturated heterocycles. The second kappa shape index (κ2) is 6.54. The van der Waals surface area contributed by atoms with Crippen molar-refractivity contribution < 1.29 is 14.3 Å². The summed E-state index contributed by atoms with van der Waals surface area (Å²) in [5.74, 6) is -0.723. The summed E-state index contributed by atoms with van der Waals surface area (Å²) in [4.78, 5) is 19.6. The van der Waals surface area contributed by atoms with Gasteiger partial charge in [0.15, 0.2) is 11.6 Å². The maximum Gasteiger partial charge on any atom is 0.251 e. The fraction of sp³-hybridized carbons (Fsp3) is 0.111. The Balaban J connectivity index is 1.77. The Hall–Kier alpha value is -3.15. The van der Waals surface area contributed by atoms with Crippen LogP contribution in [-0.4, -0.2) is 21.0 Å². The maximum atomic E-state index is 13.4. The minimum Gasteiger partial charge on any atom is -0.505 e. The molecule has 3 N–H and O–H groups in total. The van der Waals surface area contributed by atoms with E-state index in [0.29, 0.717) is 17.0 Å². The van der Waals surface area contributed by atoms with Crippen LogP contribution >= 0.6 is 0 Å². The molecule has 0 aliphatic carbocycles. The Labute approximate surface area is 138 Å². The van der Waals surface area contributed by atoms with Crippen LogP contribution in [0.3, 0.4) is 0 Å². The van der Waals surface area contributed by atoms with Crippen LogP contribution in [0, 0.1) is 5.82 Å². The van der Waals surface area contributed by atoms with Crippen LogP contribution in [0.4, 0.5) is 4.39 Å². The topological polar surface area (TPSA) is 78.0 Å². The number of nitrogens with one attached hydrogen (secondary N) is 2. The predicted molar refractivity (Wildman–Crippen MR) is 88.0 cm³/mol. The SMILES string of the molecule is CC(NC(=O)c1cccc(-c2ncc[nH]2)c1)c1ccc(O)c(F)c1. The van der Waals surface area contributed by atoms with Gasteiger partial charge in [-0.1, -0.05) is 18.2 Å². The molecule has 1 heterocycles. The molecule has 1 aromatic heterocycles. The number of phenols is 1. The van der Waals surface area contributed by atoms with Gasteiger partial charge < -0.3 is 15.4 Å². The zero-order chi connectivity index (χ0) is 17.1. The lowest BCUT2D eigenvalue weighted by Crippen LogP contribution is -2.26. The Morgan fingerprint density at radius 3 is 2.83 bits per heavy atom. The molecule has 0 bridgehead atoms. The molecule has 0 aliphatic rings. The van der Waals surface area contributed by atoms with E-state index in [9.17, 15) is 14.3 Å². The molecular weight excluding hydrogens is 309 g/mol. The van der Waals surface area contributed by atoms with Crippen LogP contribution in [0.1, 0.15) is 28.9 Å². The highest BCUT2D eigenvalue weighted by molar-refractivity contribution is 5.95. The summed E-state index contributed by atoms with van der Waals surface area (Å²) in [7, 11) is 0. The van der Waals surface area contributed by atoms with E-state index in [1.807, 2.05) is 6.07 Å². The highest BCUT2D eigenvalue weighted by Crippen LogP contribution is 2.21. The van der Waals surface area contributed by atoms with Crippen molar-refractivity contribution in [1.29, 1.82) is 0 Å². The molecule has 6 heteroatoms. The summed E-state index contributed by atoms with van der Waals surface area (Å²) in [5.41, 5.74) is 1.85. The van der Waals surface area contributed by atoms with Crippen molar-refractivity contribution in [3.8, 4) is 17.1 Å². The lowest BCUT2D eigenvalue weighted by atomic mass is 10.1. The van der Waals surface area contributed by atoms with Gasteiger partial charge in [-0.3, -0.25) is 4.79 Å². The van der Waals surface area contributed by atoms with Crippen LogP contribution < -0.4 is 5.32 Å². The first kappa shape index (κ1) is 15.7. The number of aromatic nitrogens is 2. The standard InChI is InChI=1S/C18H16FN3O2/c1-11(12-5-6-16(23)15(19)10-12)22-18(24)14-4-2-3-13(9-14)17-20-7-8-21-17/h2-11,23H,1H3,(H,20,21)(H,22,24). The molecule has 24 heavy (non-hydrogen) atoms. The van der Waals surface area contributed by atoms with Gasteiger partial charge in [-0.05, 0) is 36.8 Å². The highest BCUT2D eigenvalue weighted by Gasteiger charge is 2.14. The molecule has 0 spiro atoms. The second-order valence-corrected chi connectivity index (χ2v) is 5.42. The molecule has 1 amide bonds. The molecule has 2 aromatic carbocycles. The molecule has 5 nitrogen and oxygen atoms in total. The monoisotopic (exact) mass is 325 g/mol. The molecule has 0 radical (unpaired) electrons. The number of aromatic hydroxyl groups is 1. The van der Waals surface area contributed by atoms with Gasteiger partial charge in [0.05, 0.1) is 6.04 Å². The van der Waals surface area contributed by atoms with E-state index in [1.165, 1.54) is 12.1 Å². The summed E-state index contributed by atoms with van der Waals surface area (Å²) in [5, 5.41) is 12.0. The Morgan fingerprint density at radius 2 is 2.12 bits per heavy atom. The predicted octanol–water partition coefficient (Wildman–Crippen LogP) is 3.41. The van der Waals surface area contributed by atoms with E-state index in [2.05, 4.69) is 15.3 Å². The van der Waals surface area contributed by atoms with Crippen molar-refractivity contribution in [1.82, 2.24) is 15.3 Å². The minimum absolute atomic E-state index is 0.274. The highest BCUT2D eigenvalue weighted by atomic mass is 19.1. The van der Waals surface area contributed by atoms with Crippen molar-refractivity contribution in [2.24, 2.45) is 0 Å². The van der Waals surface area contributed by atoms with Gasteiger partial charge in [-0.25, -0.2) is 9.37 Å². The molecule has 0 fully saturated rings. The number of aromatic amines is 1. The van der Waals surface area contributed by atoms with Crippen LogP contribution in [-0.2, 0) is 0 Å². The average molecular weight is 325 g/mol. The number of H-pyrrole nitrogens is 1. The van der Waals surface area contributed by atoms with Crippen LogP contribution in [0.5, 0.6) is 5.75 Å². The van der Waals surface area contributed by atoms with Crippen molar-refractivity contribution in [3.63, 3.8) is 0 Å². The fourth-order valence-electron chi connectivity index (χ4n) is 2.39. The third-order valence-corrected chi connectivity index (χ3v) is 3.72. The number of hydrogen-bond acceptors (Lipinski definition) is 3. The zero-order valence-electron chi connectivity index (χ0n) is 13.0. The van der Waals surface area contributed by atoms with Crippen LogP contribution in [0.15, 0.2) is 54.9 Å². The summed E-state index contributed by atoms with van der Waals surface area (Å²) < 4.78 is 13.4. The van der Waals surface area contributed by atoms with Gasteiger partial charge in [0.1, 0.15) is 5.82 Å². The molecular formula is C18H16FN3O2. The van der Waals surface area contributed by atoms with E-state index in [1.54, 1.807) is 43.6 Å². The third-order valence-electron chi connectivity index (χ3n) is 3.72. The Bertz CT molecular complexity index is 862. The first-order chi connectivity index (χ1) is 11.5. The molecule has 0 aliphatic heterocycles. The van der Waals surface area contributed by atoms with Gasteiger partial charge in [-0.15, -0.1) is 0 Å². The first-order valence-electron chi connectivity index (χ1n) is 7.43. The number of amides is 1. The molecule has 1 unspecified atom stereocenters. The quantitative estimate of drug-likeness (QED) is 0.688. The number of phenolic OH excluding ortho intramolecular Hbond substituents is 1. The van der Waals surface area contributed by atoms with Crippen LogP contribution in [0.25, 0.3) is 11.4 Å². The number of rotatable bonds is 4. The number of benzene rings is 2. The summed E-state index contributed by atoms with van der Waals surface area (Å²) >= 11 is 0. The lowest BCUT2D eigenvalue weighted by Gasteiger charge is -2.15. The van der Waals surface area contributed by atoms with E-state index < -0.39 is 17.6 Å². The lowest BCUT2D eigenvalue weighted by molar-refractivity contribution is 0.0940. The number of halogens is 1. The van der Waals surface area contributed by atoms with Crippen LogP contribution in [0.2, 0.25) is 0 Å². The smallest absolute Gasteiger partial charge is 0.251 e. The average Bonchev–Trinajstić information content (AvgIpc) is 3.12. The first-order valence-corrected chi connectivity index (χ1v) is 7.43. The second-order valence-electron chi connectivity index (χ2n) is 5.42. The van der Waals surface area contributed by atoms with E-state index in [0.717, 1.165) is 5.56 Å². The van der Waals surface area contributed by atoms with Crippen molar-refractivity contribution in [2.45, 2.75) is 13.0 Å². The van der Waals surface area contributed by atoms with E-state index in [-0.39, 0.29) is 5.91 Å². The molecule has 0 saturated carbocycles. The molecule has 3 rings (SSSR count). The summed E-state index contributed by atoms with van der Waals surface area (Å²) in [6, 6.07) is 10.7.